The summed E-state index contributed by atoms with van der Waals surface area (Å²) >= 11 is 11.8. The second kappa shape index (κ2) is 81.5. The third-order valence-electron chi connectivity index (χ3n) is 17.2. The lowest BCUT2D eigenvalue weighted by atomic mass is 9.82. The lowest BCUT2D eigenvalue weighted by molar-refractivity contribution is -0.119. The number of halogens is 6. The number of carbonyl (C=O) groups excluding carboxylic acids is 6. The summed E-state index contributed by atoms with van der Waals surface area (Å²) in [7, 11) is 0. The van der Waals surface area contributed by atoms with Gasteiger partial charge < -0.3 is 79.5 Å². The van der Waals surface area contributed by atoms with E-state index in [0.717, 1.165) is 44.1 Å². The summed E-state index contributed by atoms with van der Waals surface area (Å²) < 4.78 is 57.3. The lowest BCUT2D eigenvalue weighted by Gasteiger charge is -2.23. The van der Waals surface area contributed by atoms with E-state index in [1.165, 1.54) is 114 Å². The van der Waals surface area contributed by atoms with E-state index in [4.69, 9.17) is 40.8 Å². The second-order valence-electron chi connectivity index (χ2n) is 31.4. The highest BCUT2D eigenvalue weighted by molar-refractivity contribution is 6.42. The van der Waals surface area contributed by atoms with E-state index in [1.807, 2.05) is 44.1 Å². The molecule has 0 radical (unpaired) electrons. The molecule has 4 rings (SSSR count). The molecule has 0 bridgehead atoms. The fourth-order valence-corrected chi connectivity index (χ4v) is 10.5. The van der Waals surface area contributed by atoms with Gasteiger partial charge in [0.2, 0.25) is 0 Å². The molecular weight excluding hydrogens is 1760 g/mol. The van der Waals surface area contributed by atoms with E-state index in [-0.39, 0.29) is 96.6 Å². The molecule has 135 heavy (non-hydrogen) atoms. The van der Waals surface area contributed by atoms with Crippen LogP contribution >= 0.6 is 23.2 Å². The van der Waals surface area contributed by atoms with Crippen LogP contribution in [0.4, 0.5) is 17.6 Å². The van der Waals surface area contributed by atoms with Crippen LogP contribution in [0.2, 0.25) is 10.0 Å². The van der Waals surface area contributed by atoms with Crippen LogP contribution in [0.25, 0.3) is 0 Å². The average molecular weight is 1890 g/mol. The fraction of sp³-hybridized carbons (Fsp3) is 0.398. The smallest absolute Gasteiger partial charge is 0.308 e. The minimum Gasteiger partial charge on any atom is -0.491 e. The van der Waals surface area contributed by atoms with Crippen molar-refractivity contribution >= 4 is 57.9 Å². The molecule has 0 aromatic heterocycles. The van der Waals surface area contributed by atoms with Gasteiger partial charge in [-0.05, 0) is 226 Å². The number of terminal acetylenes is 2. The first kappa shape index (κ1) is 125. The molecule has 1 fully saturated rings. The van der Waals surface area contributed by atoms with Gasteiger partial charge in [-0.1, -0.05) is 248 Å². The molecular formula is C113H130Cl2F4O16. The minimum atomic E-state index is -3.09. The number of carbonyl (C=O) groups is 6. The predicted molar refractivity (Wildman–Crippen MR) is 534 cm³/mol. The molecule has 3 aromatic carbocycles. The number of hydrogen-bond donors (Lipinski definition) is 9. The first-order valence-electron chi connectivity index (χ1n) is 44.2. The number of Topliss-reactive ketones (excluding diaryl/α,β-unsaturated/α-hetero) is 6. The van der Waals surface area contributed by atoms with Crippen molar-refractivity contribution in [1.82, 2.24) is 0 Å². The highest BCUT2D eigenvalue weighted by atomic mass is 35.5. The Bertz CT molecular complexity index is 5060. The van der Waals surface area contributed by atoms with Gasteiger partial charge in [-0.2, -0.15) is 8.78 Å². The molecule has 16 nitrogen and oxygen atoms in total. The number of aliphatic hydroxyl groups excluding tert-OH is 9. The van der Waals surface area contributed by atoms with Crippen molar-refractivity contribution in [3.8, 4) is 125 Å². The molecule has 1 aliphatic carbocycles. The van der Waals surface area contributed by atoms with E-state index in [9.17, 15) is 92.3 Å². The number of ether oxygens (including phenoxy) is 1. The maximum atomic E-state index is 13.2. The maximum Gasteiger partial charge on any atom is 0.308 e. The number of rotatable bonds is 43. The average Bonchev–Trinajstić information content (AvgIpc) is 1.00. The highest BCUT2D eigenvalue weighted by Gasteiger charge is 2.26. The van der Waals surface area contributed by atoms with Crippen molar-refractivity contribution in [3.05, 3.63) is 245 Å². The van der Waals surface area contributed by atoms with E-state index in [2.05, 4.69) is 101 Å². The second-order valence-corrected chi connectivity index (χ2v) is 32.2. The van der Waals surface area contributed by atoms with Crippen LogP contribution in [0.5, 0.6) is 5.75 Å². The largest absolute Gasteiger partial charge is 0.491 e. The Morgan fingerprint density at radius 1 is 0.444 bits per heavy atom. The monoisotopic (exact) mass is 1890 g/mol. The van der Waals surface area contributed by atoms with Crippen LogP contribution in [0.1, 0.15) is 221 Å². The number of benzene rings is 3. The van der Waals surface area contributed by atoms with Crippen molar-refractivity contribution in [2.75, 3.05) is 6.61 Å². The summed E-state index contributed by atoms with van der Waals surface area (Å²) in [6.45, 7) is 12.9. The SMILES string of the molecule is C#CCC/C=C/C=C/C#CCCCCC(C)=O.C#CC[C@@H](O)/C=C/C=C/C#CC(F)(F)CCCC(C)=O.CC(=O)CC(C)(C)C[C@H](O)C#C/C=C/C=C/[C@H](O)COc1ccc(F)cc1.CC(=O)CCC[C@H](O)C#C/C=C/C=C/[C@H](O)CC#Cc1ccc(Cl)c(Cl)c1.CC(=O)CC[C@H](O)C#C/C=C/C=C/[C@H](O)CC#Cc1ccc(F)cc1.CC(=O)CC[C@H](O)C#C/C=C/C=C/[C@H](O)CC1CC1. The summed E-state index contributed by atoms with van der Waals surface area (Å²) in [6, 6.07) is 16.5. The van der Waals surface area contributed by atoms with Crippen LogP contribution < -0.4 is 4.74 Å². The molecule has 720 valence electrons. The van der Waals surface area contributed by atoms with Gasteiger partial charge in [-0.15, -0.1) is 24.7 Å². The van der Waals surface area contributed by atoms with E-state index < -0.39 is 61.2 Å². The number of alkyl halides is 2. The van der Waals surface area contributed by atoms with Gasteiger partial charge in [0.15, 0.2) is 0 Å². The summed E-state index contributed by atoms with van der Waals surface area (Å²) in [5.41, 5.74) is 1.13. The predicted octanol–water partition coefficient (Wildman–Crippen LogP) is 19.1. The zero-order valence-electron chi connectivity index (χ0n) is 78.5. The van der Waals surface area contributed by atoms with Gasteiger partial charge >= 0.3 is 5.92 Å². The Hall–Kier alpha value is -12.1. The Balaban J connectivity index is 0. The normalized spacial score (nSPS) is 13.5. The zero-order valence-corrected chi connectivity index (χ0v) is 80.0. The molecule has 1 saturated carbocycles. The standard InChI is InChI=1S/C22H22Cl2O3.C22H27FO4.C21H21FO3.C16H18F2O2.C16H22O3.C16H20O/c1-17(25)8-6-12-19(26)10-4-2-3-5-11-20(27)13-7-9-18-14-15-21(23)22(24)16-18;1-17(24)14-22(2,3)15-19(25)8-6-4-5-7-9-20(26)16-27-21-12-10-18(23)11-13-21;1-17(23)11-16-21(25)9-5-3-2-4-8-20(24)10-6-7-18-12-14-19(22)15-13-18;1-3-9-15(20)11-6-4-5-7-12-16(17,18)13-8-10-14(2)19;1-13(17)8-11-15(18)6-4-2-3-5-7-16(19)12-14-9-10-14;1-3-4-5-6-7-8-9-10-11-12-13-14-15-16(2)17/h2-3,5,11,14-16,19-20,26-27H,6,8,12-13H2,1H3;4-5,7,9-13,19-20,25-26H,14-16H2,1-3H3;2-4,8,12-15,20-21,24-25H,10-11,16H2,1H3;1,4-6,11,15,20H,8-10,13H2,2H3;2-3,5,7,14-16,18-19H,8-12H2,1H3;1,6-9H,4-5,12-15H2,2H3/b3-2+,11-5+;5-4+,9-7+;3-2+,8-4+;5-4+,11-6+;3-2+,7-5+;7-6+,9-8+/t2*19-,20+;20-,21+;15-;15-,16+;/m11011./s1. The van der Waals surface area contributed by atoms with E-state index >= 15 is 0 Å². The van der Waals surface area contributed by atoms with Gasteiger partial charge in [0.1, 0.15) is 89.2 Å². The molecule has 3 aromatic rings. The van der Waals surface area contributed by atoms with Crippen LogP contribution in [-0.4, -0.2) is 148 Å². The number of unbranched alkanes of at least 4 members (excludes halogenated alkanes) is 3. The topological polar surface area (TPSA) is 294 Å². The molecule has 0 heterocycles. The van der Waals surface area contributed by atoms with Gasteiger partial charge in [0, 0.05) is 88.2 Å². The summed E-state index contributed by atoms with van der Waals surface area (Å²) in [4.78, 5) is 64.7. The third-order valence-corrected chi connectivity index (χ3v) is 17.9. The zero-order chi connectivity index (χ0) is 101. The number of aliphatic hydroxyl groups is 9. The summed E-state index contributed by atoms with van der Waals surface area (Å²) in [5, 5.41) is 87.6. The van der Waals surface area contributed by atoms with Gasteiger partial charge in [-0.25, -0.2) is 8.78 Å². The number of ketones is 6. The van der Waals surface area contributed by atoms with Gasteiger partial charge in [0.05, 0.1) is 34.5 Å². The van der Waals surface area contributed by atoms with E-state index in [1.54, 1.807) is 128 Å². The van der Waals surface area contributed by atoms with E-state index in [0.29, 0.717) is 91.5 Å². The van der Waals surface area contributed by atoms with Crippen molar-refractivity contribution in [2.45, 2.75) is 270 Å². The molecule has 22 heteroatoms. The summed E-state index contributed by atoms with van der Waals surface area (Å²) in [6.07, 6.45) is 56.1. The van der Waals surface area contributed by atoms with Crippen LogP contribution in [0.3, 0.4) is 0 Å². The molecule has 0 aliphatic heterocycles. The Morgan fingerprint density at radius 3 is 1.34 bits per heavy atom. The van der Waals surface area contributed by atoms with Crippen molar-refractivity contribution in [2.24, 2.45) is 11.3 Å². The first-order valence-corrected chi connectivity index (χ1v) is 44.9. The fourth-order valence-electron chi connectivity index (χ4n) is 10.2. The quantitative estimate of drug-likeness (QED) is 0.0110. The molecule has 0 unspecified atom stereocenters. The Kier molecular flexibility index (Phi) is 75.4. The number of hydrogen-bond acceptors (Lipinski definition) is 16. The maximum absolute atomic E-state index is 13.2. The summed E-state index contributed by atoms with van der Waals surface area (Å²) in [5.74, 6) is 45.7. The van der Waals surface area contributed by atoms with Crippen LogP contribution in [0, 0.1) is 142 Å². The van der Waals surface area contributed by atoms with Gasteiger partial charge in [-0.3, -0.25) is 0 Å². The molecule has 0 spiro atoms. The molecule has 0 saturated heterocycles. The minimum absolute atomic E-state index is 0.0239. The van der Waals surface area contributed by atoms with Crippen LogP contribution in [0.15, 0.2) is 213 Å². The molecule has 1 aliphatic rings. The van der Waals surface area contributed by atoms with Crippen molar-refractivity contribution < 1.29 is 97.0 Å². The number of allylic oxidation sites excluding steroid dienone is 19. The highest BCUT2D eigenvalue weighted by Crippen LogP contribution is 2.34. The van der Waals surface area contributed by atoms with Crippen molar-refractivity contribution in [3.63, 3.8) is 0 Å². The third kappa shape index (κ3) is 88.3. The molecule has 0 amide bonds. The lowest BCUT2D eigenvalue weighted by Crippen LogP contribution is -2.22. The van der Waals surface area contributed by atoms with Crippen molar-refractivity contribution in [1.29, 1.82) is 0 Å². The molecule has 9 atom stereocenters. The van der Waals surface area contributed by atoms with Gasteiger partial charge in [0.25, 0.3) is 0 Å². The molecule has 9 N–H and O–H groups in total. The Labute approximate surface area is 808 Å². The first-order chi connectivity index (χ1) is 64.2. The van der Waals surface area contributed by atoms with Crippen LogP contribution in [-0.2, 0) is 28.8 Å². The Morgan fingerprint density at radius 2 is 0.867 bits per heavy atom.